The van der Waals surface area contributed by atoms with E-state index in [9.17, 15) is 45.6 Å². The van der Waals surface area contributed by atoms with E-state index in [1.807, 2.05) is 6.08 Å². The zero-order chi connectivity index (χ0) is 53.2. The van der Waals surface area contributed by atoms with Gasteiger partial charge in [0.25, 0.3) is 0 Å². The number of unbranched alkanes of at least 4 members (excludes halogenated alkanes) is 27. The zero-order valence-electron chi connectivity index (χ0n) is 45.6. The normalized spacial score (nSPS) is 25.7. The minimum atomic E-state index is -1.79. The Morgan fingerprint density at radius 3 is 1.41 bits per heavy atom. The van der Waals surface area contributed by atoms with Gasteiger partial charge in [-0.2, -0.15) is 0 Å². The van der Waals surface area contributed by atoms with Crippen molar-refractivity contribution in [2.45, 2.75) is 299 Å². The number of allylic oxidation sites excluding steroid dienone is 7. The average molecular weight is 1040 g/mol. The first-order valence-electron chi connectivity index (χ1n) is 29.4. The Bertz CT molecular complexity index is 1410. The van der Waals surface area contributed by atoms with Crippen molar-refractivity contribution in [2.24, 2.45) is 0 Å². The highest BCUT2D eigenvalue weighted by molar-refractivity contribution is 5.76. The molecule has 2 saturated heterocycles. The molecule has 1 amide bonds. The van der Waals surface area contributed by atoms with Crippen LogP contribution in [0, 0.1) is 0 Å². The Morgan fingerprint density at radius 1 is 0.493 bits per heavy atom. The molecule has 14 heteroatoms. The molecule has 0 aromatic rings. The summed E-state index contributed by atoms with van der Waals surface area (Å²) in [5, 5.41) is 86.2. The average Bonchev–Trinajstić information content (AvgIpc) is 3.39. The van der Waals surface area contributed by atoms with E-state index in [1.54, 1.807) is 6.08 Å². The molecule has 14 nitrogen and oxygen atoms in total. The van der Waals surface area contributed by atoms with Gasteiger partial charge < -0.3 is 65.1 Å². The molecule has 0 aromatic heterocycles. The van der Waals surface area contributed by atoms with Crippen LogP contribution in [-0.4, -0.2) is 140 Å². The lowest BCUT2D eigenvalue weighted by atomic mass is 9.97. The van der Waals surface area contributed by atoms with E-state index in [-0.39, 0.29) is 18.9 Å². The maximum absolute atomic E-state index is 13.1. The molecule has 2 aliphatic heterocycles. The Morgan fingerprint density at radius 2 is 0.918 bits per heavy atom. The van der Waals surface area contributed by atoms with E-state index in [1.165, 1.54) is 148 Å². The quantitative estimate of drug-likeness (QED) is 0.0205. The molecule has 0 spiro atoms. The van der Waals surface area contributed by atoms with Crippen molar-refractivity contribution in [3.05, 3.63) is 48.6 Å². The highest BCUT2D eigenvalue weighted by atomic mass is 16.7. The maximum Gasteiger partial charge on any atom is 0.220 e. The number of amides is 1. The van der Waals surface area contributed by atoms with Gasteiger partial charge in [0, 0.05) is 6.42 Å². The van der Waals surface area contributed by atoms with Crippen LogP contribution < -0.4 is 5.32 Å². The number of aliphatic hydroxyl groups is 8. The standard InChI is InChI=1S/C59H107NO13/c1-3-5-7-9-10-11-12-13-14-15-16-17-18-19-20-21-22-23-24-25-26-27-28-29-30-31-32-33-34-35-36-37-38-39-41-43-51(64)60-47(48(63)42-40-8-6-4-2)46-70-58-56(69)54(67)57(50(45-62)72-58)73-59-55(68)53(66)52(65)49(44-61)71-59/h12-13,15-16,18-19,40,42,47-50,52-59,61-63,65-69H,3-11,14,17,20-39,41,43-46H2,1-2H3,(H,60,64)/b13-12-,16-15-,19-18-,42-40+. The maximum atomic E-state index is 13.1. The molecule has 0 radical (unpaired) electrons. The lowest BCUT2D eigenvalue weighted by Crippen LogP contribution is -2.65. The van der Waals surface area contributed by atoms with Crippen molar-refractivity contribution in [3.63, 3.8) is 0 Å². The molecule has 2 rings (SSSR count). The summed E-state index contributed by atoms with van der Waals surface area (Å²) in [6.07, 6.45) is 39.9. The highest BCUT2D eigenvalue weighted by Gasteiger charge is 2.51. The van der Waals surface area contributed by atoms with Crippen LogP contribution in [0.2, 0.25) is 0 Å². The predicted molar refractivity (Wildman–Crippen MR) is 291 cm³/mol. The third kappa shape index (κ3) is 31.1. The van der Waals surface area contributed by atoms with Crippen LogP contribution in [0.3, 0.4) is 0 Å². The summed E-state index contributed by atoms with van der Waals surface area (Å²) in [5.74, 6) is -0.248. The fraction of sp³-hybridized carbons (Fsp3) is 0.847. The molecule has 12 atom stereocenters. The van der Waals surface area contributed by atoms with Gasteiger partial charge in [0.05, 0.1) is 32.0 Å². The summed E-state index contributed by atoms with van der Waals surface area (Å²) >= 11 is 0. The smallest absolute Gasteiger partial charge is 0.220 e. The van der Waals surface area contributed by atoms with Gasteiger partial charge in [-0.05, 0) is 51.4 Å². The Kier molecular flexibility index (Phi) is 41.4. The number of carbonyl (C=O) groups is 1. The van der Waals surface area contributed by atoms with E-state index < -0.39 is 86.8 Å². The van der Waals surface area contributed by atoms with Gasteiger partial charge >= 0.3 is 0 Å². The molecule has 0 aliphatic carbocycles. The van der Waals surface area contributed by atoms with Gasteiger partial charge in [-0.1, -0.05) is 217 Å². The highest BCUT2D eigenvalue weighted by Crippen LogP contribution is 2.30. The summed E-state index contributed by atoms with van der Waals surface area (Å²) < 4.78 is 22.5. The molecule has 426 valence electrons. The van der Waals surface area contributed by atoms with Crippen molar-refractivity contribution in [3.8, 4) is 0 Å². The van der Waals surface area contributed by atoms with Gasteiger partial charge in [0.2, 0.25) is 5.91 Å². The number of nitrogens with one attached hydrogen (secondary N) is 1. The molecule has 2 heterocycles. The number of carbonyl (C=O) groups excluding carboxylic acids is 1. The second-order valence-electron chi connectivity index (χ2n) is 20.8. The second kappa shape index (κ2) is 45.0. The minimum absolute atomic E-state index is 0.248. The molecule has 73 heavy (non-hydrogen) atoms. The Balaban J connectivity index is 1.50. The molecular weight excluding hydrogens is 931 g/mol. The molecule has 9 N–H and O–H groups in total. The van der Waals surface area contributed by atoms with Crippen LogP contribution in [0.5, 0.6) is 0 Å². The molecule has 2 fully saturated rings. The number of hydrogen-bond acceptors (Lipinski definition) is 13. The third-order valence-electron chi connectivity index (χ3n) is 14.3. The topological polar surface area (TPSA) is 228 Å². The van der Waals surface area contributed by atoms with Gasteiger partial charge in [0.1, 0.15) is 48.8 Å². The van der Waals surface area contributed by atoms with E-state index in [4.69, 9.17) is 18.9 Å². The van der Waals surface area contributed by atoms with E-state index in [0.29, 0.717) is 6.42 Å². The third-order valence-corrected chi connectivity index (χ3v) is 14.3. The molecule has 12 unspecified atom stereocenters. The monoisotopic (exact) mass is 1040 g/mol. The van der Waals surface area contributed by atoms with Crippen LogP contribution in [0.15, 0.2) is 48.6 Å². The summed E-state index contributed by atoms with van der Waals surface area (Å²) in [7, 11) is 0. The van der Waals surface area contributed by atoms with Crippen LogP contribution in [0.1, 0.15) is 226 Å². The van der Waals surface area contributed by atoms with Crippen molar-refractivity contribution in [2.75, 3.05) is 19.8 Å². The summed E-state index contributed by atoms with van der Waals surface area (Å²) in [4.78, 5) is 13.1. The molecule has 2 aliphatic rings. The van der Waals surface area contributed by atoms with E-state index in [0.717, 1.165) is 51.4 Å². The molecule has 0 aromatic carbocycles. The Hall–Kier alpha value is -2.05. The van der Waals surface area contributed by atoms with Gasteiger partial charge in [0.15, 0.2) is 12.6 Å². The van der Waals surface area contributed by atoms with Crippen molar-refractivity contribution in [1.82, 2.24) is 5.32 Å². The number of aliphatic hydroxyl groups excluding tert-OH is 8. The first-order chi connectivity index (χ1) is 35.6. The first kappa shape index (κ1) is 67.1. The molecular formula is C59H107NO13. The summed E-state index contributed by atoms with van der Waals surface area (Å²) in [5.41, 5.74) is 0. The van der Waals surface area contributed by atoms with Crippen LogP contribution in [0.25, 0.3) is 0 Å². The summed E-state index contributed by atoms with van der Waals surface area (Å²) in [6.45, 7) is 2.61. The van der Waals surface area contributed by atoms with E-state index in [2.05, 4.69) is 55.6 Å². The van der Waals surface area contributed by atoms with Gasteiger partial charge in [-0.25, -0.2) is 0 Å². The van der Waals surface area contributed by atoms with Gasteiger partial charge in [-0.15, -0.1) is 0 Å². The lowest BCUT2D eigenvalue weighted by Gasteiger charge is -2.46. The lowest BCUT2D eigenvalue weighted by molar-refractivity contribution is -0.359. The summed E-state index contributed by atoms with van der Waals surface area (Å²) in [6, 6.07) is -0.909. The SMILES string of the molecule is CCCC/C=C/C(O)C(COC1OC(CO)C(OC2OC(CO)C(O)C(O)C2O)C(O)C1O)NC(=O)CCCCCCCCCCCCCCCCCCCCCC/C=C\C/C=C\C/C=C\CCCCCCC. The molecule has 0 saturated carbocycles. The van der Waals surface area contributed by atoms with Crippen molar-refractivity contribution >= 4 is 5.91 Å². The van der Waals surface area contributed by atoms with Crippen LogP contribution >= 0.6 is 0 Å². The minimum Gasteiger partial charge on any atom is -0.394 e. The zero-order valence-corrected chi connectivity index (χ0v) is 45.6. The fourth-order valence-corrected chi connectivity index (χ4v) is 9.46. The van der Waals surface area contributed by atoms with Crippen LogP contribution in [0.4, 0.5) is 0 Å². The Labute approximate surface area is 442 Å². The van der Waals surface area contributed by atoms with Crippen molar-refractivity contribution < 1.29 is 64.6 Å². The molecule has 0 bridgehead atoms. The predicted octanol–water partition coefficient (Wildman–Crippen LogP) is 9.61. The van der Waals surface area contributed by atoms with Crippen molar-refractivity contribution in [1.29, 1.82) is 0 Å². The first-order valence-corrected chi connectivity index (χ1v) is 29.4. The van der Waals surface area contributed by atoms with Crippen LogP contribution in [-0.2, 0) is 23.7 Å². The second-order valence-corrected chi connectivity index (χ2v) is 20.8. The van der Waals surface area contributed by atoms with E-state index >= 15 is 0 Å². The van der Waals surface area contributed by atoms with Gasteiger partial charge in [-0.3, -0.25) is 4.79 Å². The fourth-order valence-electron chi connectivity index (χ4n) is 9.46. The number of hydrogen-bond donors (Lipinski definition) is 9. The largest absolute Gasteiger partial charge is 0.394 e. The number of rotatable bonds is 46. The number of ether oxygens (including phenoxy) is 4.